The predicted molar refractivity (Wildman–Crippen MR) is 61.2 cm³/mol. The normalized spacial score (nSPS) is 11.1. The quantitative estimate of drug-likeness (QED) is 0.859. The third-order valence-corrected chi connectivity index (χ3v) is 3.33. The van der Waals surface area contributed by atoms with Crippen LogP contribution in [0.4, 0.5) is 5.82 Å². The van der Waals surface area contributed by atoms with Crippen LogP contribution in [0, 0.1) is 17.2 Å². The molecule has 1 aromatic rings. The Hall–Kier alpha value is -1.61. The van der Waals surface area contributed by atoms with E-state index in [1.807, 2.05) is 19.9 Å². The lowest BCUT2D eigenvalue weighted by atomic mass is 10.3. The average molecular weight is 239 g/mol. The monoisotopic (exact) mass is 239 g/mol. The highest BCUT2D eigenvalue weighted by Gasteiger charge is 2.13. The molecule has 1 N–H and O–H groups in total. The number of sulfonamides is 1. The van der Waals surface area contributed by atoms with Crippen LogP contribution < -0.4 is 4.72 Å². The number of pyridine rings is 1. The summed E-state index contributed by atoms with van der Waals surface area (Å²) in [7, 11) is -3.35. The van der Waals surface area contributed by atoms with Crippen molar-refractivity contribution in [3.8, 4) is 6.07 Å². The lowest BCUT2D eigenvalue weighted by Gasteiger charge is -2.08. The van der Waals surface area contributed by atoms with E-state index in [1.54, 1.807) is 0 Å². The number of aromatic nitrogens is 1. The van der Waals surface area contributed by atoms with Crippen molar-refractivity contribution in [1.29, 1.82) is 5.26 Å². The summed E-state index contributed by atoms with van der Waals surface area (Å²) in [6.07, 6.45) is 1.33. The van der Waals surface area contributed by atoms with E-state index in [0.29, 0.717) is 5.56 Å². The van der Waals surface area contributed by atoms with Gasteiger partial charge in [-0.2, -0.15) is 5.26 Å². The fourth-order valence-electron chi connectivity index (χ4n) is 1.16. The number of anilines is 1. The summed E-state index contributed by atoms with van der Waals surface area (Å²) in [4.78, 5) is 3.83. The van der Waals surface area contributed by atoms with E-state index in [-0.39, 0.29) is 17.5 Å². The van der Waals surface area contributed by atoms with Crippen molar-refractivity contribution in [2.75, 3.05) is 10.5 Å². The molecule has 0 spiro atoms. The Bertz CT molecular complexity index is 486. The minimum absolute atomic E-state index is 0.0503. The highest BCUT2D eigenvalue weighted by Crippen LogP contribution is 2.08. The molecule has 0 aromatic carbocycles. The molecule has 0 aliphatic carbocycles. The molecule has 0 radical (unpaired) electrons. The van der Waals surface area contributed by atoms with Gasteiger partial charge in [0, 0.05) is 6.20 Å². The van der Waals surface area contributed by atoms with E-state index in [0.717, 1.165) is 0 Å². The Labute approximate surface area is 95.2 Å². The van der Waals surface area contributed by atoms with Crippen molar-refractivity contribution in [1.82, 2.24) is 4.98 Å². The number of nitrogens with one attached hydrogen (secondary N) is 1. The van der Waals surface area contributed by atoms with Gasteiger partial charge < -0.3 is 0 Å². The van der Waals surface area contributed by atoms with E-state index in [9.17, 15) is 8.42 Å². The first-order chi connectivity index (χ1) is 7.43. The Balaban J connectivity index is 2.77. The van der Waals surface area contributed by atoms with Crippen LogP contribution in [0.3, 0.4) is 0 Å². The maximum absolute atomic E-state index is 11.5. The fraction of sp³-hybridized carbons (Fsp3) is 0.400. The molecule has 0 saturated carbocycles. The van der Waals surface area contributed by atoms with Crippen molar-refractivity contribution in [2.45, 2.75) is 13.8 Å². The second-order valence-corrected chi connectivity index (χ2v) is 5.59. The van der Waals surface area contributed by atoms with Crippen molar-refractivity contribution in [2.24, 2.45) is 5.92 Å². The second-order valence-electron chi connectivity index (χ2n) is 3.82. The summed E-state index contributed by atoms with van der Waals surface area (Å²) in [5.74, 6) is 0.338. The number of hydrogen-bond acceptors (Lipinski definition) is 4. The Morgan fingerprint density at radius 1 is 1.50 bits per heavy atom. The molecular weight excluding hydrogens is 226 g/mol. The molecule has 0 bridgehead atoms. The van der Waals surface area contributed by atoms with Gasteiger partial charge in [-0.15, -0.1) is 0 Å². The third-order valence-electron chi connectivity index (χ3n) is 1.71. The molecule has 1 rings (SSSR count). The number of nitrogens with zero attached hydrogens (tertiary/aromatic N) is 2. The molecule has 0 aliphatic rings. The van der Waals surface area contributed by atoms with Crippen LogP contribution in [0.1, 0.15) is 19.4 Å². The molecule has 0 amide bonds. The van der Waals surface area contributed by atoms with Crippen LogP contribution in [0.15, 0.2) is 18.3 Å². The van der Waals surface area contributed by atoms with Crippen LogP contribution in [0.2, 0.25) is 0 Å². The van der Waals surface area contributed by atoms with Gasteiger partial charge in [0.2, 0.25) is 10.0 Å². The molecular formula is C10H13N3O2S. The molecule has 1 heterocycles. The first-order valence-electron chi connectivity index (χ1n) is 4.79. The Kier molecular flexibility index (Phi) is 3.85. The molecule has 5 nitrogen and oxygen atoms in total. The predicted octanol–water partition coefficient (Wildman–Crippen LogP) is 1.35. The van der Waals surface area contributed by atoms with Gasteiger partial charge in [-0.1, -0.05) is 13.8 Å². The van der Waals surface area contributed by atoms with Crippen LogP contribution in [-0.2, 0) is 10.0 Å². The first kappa shape index (κ1) is 12.5. The summed E-state index contributed by atoms with van der Waals surface area (Å²) < 4.78 is 25.5. The molecule has 0 fully saturated rings. The lowest BCUT2D eigenvalue weighted by molar-refractivity contribution is 0.587. The van der Waals surface area contributed by atoms with E-state index in [2.05, 4.69) is 9.71 Å². The van der Waals surface area contributed by atoms with Gasteiger partial charge in [-0.05, 0) is 18.1 Å². The molecule has 86 valence electrons. The fourth-order valence-corrected chi connectivity index (χ4v) is 2.56. The van der Waals surface area contributed by atoms with Crippen LogP contribution in [0.25, 0.3) is 0 Å². The Morgan fingerprint density at radius 2 is 2.19 bits per heavy atom. The summed E-state index contributed by atoms with van der Waals surface area (Å²) in [5.41, 5.74) is 0.395. The Morgan fingerprint density at radius 3 is 2.62 bits per heavy atom. The van der Waals surface area contributed by atoms with Crippen LogP contribution >= 0.6 is 0 Å². The van der Waals surface area contributed by atoms with E-state index >= 15 is 0 Å². The van der Waals surface area contributed by atoms with Crippen molar-refractivity contribution < 1.29 is 8.42 Å². The van der Waals surface area contributed by atoms with E-state index in [1.165, 1.54) is 18.3 Å². The molecule has 1 aromatic heterocycles. The summed E-state index contributed by atoms with van der Waals surface area (Å²) in [5, 5.41) is 8.55. The first-order valence-corrected chi connectivity index (χ1v) is 6.45. The minimum Gasteiger partial charge on any atom is -0.267 e. The highest BCUT2D eigenvalue weighted by atomic mass is 32.2. The number of hydrogen-bond donors (Lipinski definition) is 1. The third kappa shape index (κ3) is 3.87. The molecule has 0 aliphatic heterocycles. The molecule has 0 saturated heterocycles. The minimum atomic E-state index is -3.35. The van der Waals surface area contributed by atoms with Crippen LogP contribution in [0.5, 0.6) is 0 Å². The SMILES string of the molecule is CC(C)CS(=O)(=O)Nc1ccc(C#N)cn1. The van der Waals surface area contributed by atoms with Crippen molar-refractivity contribution in [3.05, 3.63) is 23.9 Å². The summed E-state index contributed by atoms with van der Waals surface area (Å²) in [6, 6.07) is 4.89. The van der Waals surface area contributed by atoms with Gasteiger partial charge in [0.25, 0.3) is 0 Å². The largest absolute Gasteiger partial charge is 0.267 e. The summed E-state index contributed by atoms with van der Waals surface area (Å²) in [6.45, 7) is 3.65. The zero-order valence-electron chi connectivity index (χ0n) is 9.14. The molecule has 6 heteroatoms. The number of nitriles is 1. The topological polar surface area (TPSA) is 82.9 Å². The van der Waals surface area contributed by atoms with Crippen molar-refractivity contribution in [3.63, 3.8) is 0 Å². The van der Waals surface area contributed by atoms with Gasteiger partial charge in [-0.25, -0.2) is 13.4 Å². The smallest absolute Gasteiger partial charge is 0.234 e. The zero-order valence-corrected chi connectivity index (χ0v) is 9.95. The molecule has 0 unspecified atom stereocenters. The van der Waals surface area contributed by atoms with Gasteiger partial charge in [0.05, 0.1) is 11.3 Å². The van der Waals surface area contributed by atoms with Gasteiger partial charge >= 0.3 is 0 Å². The standard InChI is InChI=1S/C10H13N3O2S/c1-8(2)7-16(14,15)13-10-4-3-9(5-11)6-12-10/h3-4,6,8H,7H2,1-2H3,(H,12,13). The lowest BCUT2D eigenvalue weighted by Crippen LogP contribution is -2.20. The van der Waals surface area contributed by atoms with E-state index < -0.39 is 10.0 Å². The maximum atomic E-state index is 11.5. The average Bonchev–Trinajstić information content (AvgIpc) is 2.16. The second kappa shape index (κ2) is 4.94. The van der Waals surface area contributed by atoms with Gasteiger partial charge in [0.1, 0.15) is 11.9 Å². The van der Waals surface area contributed by atoms with Gasteiger partial charge in [0.15, 0.2) is 0 Å². The zero-order chi connectivity index (χ0) is 12.2. The highest BCUT2D eigenvalue weighted by molar-refractivity contribution is 7.92. The maximum Gasteiger partial charge on any atom is 0.234 e. The van der Waals surface area contributed by atoms with Crippen LogP contribution in [-0.4, -0.2) is 19.2 Å². The van der Waals surface area contributed by atoms with Gasteiger partial charge in [-0.3, -0.25) is 4.72 Å². The van der Waals surface area contributed by atoms with E-state index in [4.69, 9.17) is 5.26 Å². The molecule has 16 heavy (non-hydrogen) atoms. The molecule has 0 atom stereocenters. The number of rotatable bonds is 4. The summed E-state index contributed by atoms with van der Waals surface area (Å²) >= 11 is 0. The van der Waals surface area contributed by atoms with Crippen molar-refractivity contribution >= 4 is 15.8 Å².